The second kappa shape index (κ2) is 8.44. The zero-order chi connectivity index (χ0) is 19.2. The van der Waals surface area contributed by atoms with Crippen LogP contribution in [0.3, 0.4) is 0 Å². The van der Waals surface area contributed by atoms with Crippen molar-refractivity contribution in [3.63, 3.8) is 0 Å². The first-order valence-corrected chi connectivity index (χ1v) is 8.82. The second-order valence-electron chi connectivity index (χ2n) is 6.50. The van der Waals surface area contributed by atoms with Gasteiger partial charge in [0, 0.05) is 37.7 Å². The fourth-order valence-corrected chi connectivity index (χ4v) is 2.51. The number of hydrogen-bond acceptors (Lipinski definition) is 6. The van der Waals surface area contributed by atoms with E-state index in [0.717, 1.165) is 12.0 Å². The molecule has 0 fully saturated rings. The molecule has 1 amide bonds. The molecule has 7 nitrogen and oxygen atoms in total. The summed E-state index contributed by atoms with van der Waals surface area (Å²) < 4.78 is 11.2. The summed E-state index contributed by atoms with van der Waals surface area (Å²) in [7, 11) is 1.57. The van der Waals surface area contributed by atoms with Gasteiger partial charge in [-0.1, -0.05) is 31.1 Å². The van der Waals surface area contributed by atoms with Crippen molar-refractivity contribution in [2.24, 2.45) is 10.9 Å². The van der Waals surface area contributed by atoms with Crippen LogP contribution in [0, 0.1) is 5.92 Å². The highest BCUT2D eigenvalue weighted by Gasteiger charge is 2.13. The van der Waals surface area contributed by atoms with Crippen molar-refractivity contribution in [2.75, 3.05) is 7.05 Å². The maximum absolute atomic E-state index is 11.8. The quantitative estimate of drug-likeness (QED) is 0.847. The van der Waals surface area contributed by atoms with Gasteiger partial charge in [-0.25, -0.2) is 0 Å². The molecule has 0 unspecified atom stereocenters. The van der Waals surface area contributed by atoms with Gasteiger partial charge in [0.05, 0.1) is 0 Å². The van der Waals surface area contributed by atoms with Crippen molar-refractivity contribution in [3.05, 3.63) is 53.8 Å². The van der Waals surface area contributed by atoms with Gasteiger partial charge in [-0.05, 0) is 24.1 Å². The molecule has 0 aliphatic carbocycles. The lowest BCUT2D eigenvalue weighted by molar-refractivity contribution is -0.117. The van der Waals surface area contributed by atoms with Crippen molar-refractivity contribution in [3.8, 4) is 17.1 Å². The van der Waals surface area contributed by atoms with E-state index in [4.69, 9.17) is 9.26 Å². The molecule has 1 aliphatic rings. The number of amides is 1. The first-order chi connectivity index (χ1) is 13.0. The van der Waals surface area contributed by atoms with E-state index in [1.165, 1.54) is 0 Å². The molecule has 0 bridgehead atoms. The number of hydrogen-bond donors (Lipinski definition) is 1. The molecule has 0 saturated heterocycles. The second-order valence-corrected chi connectivity index (χ2v) is 6.50. The van der Waals surface area contributed by atoms with E-state index >= 15 is 0 Å². The van der Waals surface area contributed by atoms with Gasteiger partial charge in [0.2, 0.25) is 11.7 Å². The predicted octanol–water partition coefficient (Wildman–Crippen LogP) is 3.30. The molecule has 0 atom stereocenters. The van der Waals surface area contributed by atoms with E-state index in [2.05, 4.69) is 34.3 Å². The Bertz CT molecular complexity index is 909. The average Bonchev–Trinajstić information content (AvgIpc) is 2.98. The van der Waals surface area contributed by atoms with E-state index in [9.17, 15) is 4.79 Å². The first kappa shape index (κ1) is 18.6. The Hall–Kier alpha value is -3.22. The number of allylic oxidation sites excluding steroid dienone is 2. The third-order valence-corrected chi connectivity index (χ3v) is 3.77. The summed E-state index contributed by atoms with van der Waals surface area (Å²) in [6, 6.07) is 7.43. The highest BCUT2D eigenvalue weighted by Crippen LogP contribution is 2.24. The number of nitrogens with one attached hydrogen (secondary N) is 1. The molecule has 27 heavy (non-hydrogen) atoms. The van der Waals surface area contributed by atoms with Gasteiger partial charge in [-0.3, -0.25) is 9.79 Å². The molecule has 2 heterocycles. The molecule has 0 radical (unpaired) electrons. The molecule has 7 heteroatoms. The van der Waals surface area contributed by atoms with Crippen LogP contribution < -0.4 is 10.1 Å². The van der Waals surface area contributed by atoms with Crippen molar-refractivity contribution in [1.82, 2.24) is 15.5 Å². The van der Waals surface area contributed by atoms with Gasteiger partial charge in [0.1, 0.15) is 17.2 Å². The minimum absolute atomic E-state index is 0.263. The van der Waals surface area contributed by atoms with E-state index < -0.39 is 0 Å². The monoisotopic (exact) mass is 366 g/mol. The molecule has 0 saturated carbocycles. The van der Waals surface area contributed by atoms with Crippen LogP contribution in [0.4, 0.5) is 0 Å². The fraction of sp³-hybridized carbons (Fsp3) is 0.300. The Morgan fingerprint density at radius 2 is 2.22 bits per heavy atom. The SMILES string of the molecule is CNC(=O)C1=CC(Oc2cccc(-c3noc(CC(C)C)n3)c2)=CCC=N1. The lowest BCUT2D eigenvalue weighted by Gasteiger charge is -2.08. The number of carbonyl (C=O) groups excluding carboxylic acids is 1. The number of benzene rings is 1. The summed E-state index contributed by atoms with van der Waals surface area (Å²) in [5.74, 6) is 2.49. The zero-order valence-electron chi connectivity index (χ0n) is 15.6. The number of nitrogens with zero attached hydrogens (tertiary/aromatic N) is 3. The predicted molar refractivity (Wildman–Crippen MR) is 102 cm³/mol. The highest BCUT2D eigenvalue weighted by molar-refractivity contribution is 5.95. The molecule has 1 N–H and O–H groups in total. The molecule has 1 aromatic heterocycles. The van der Waals surface area contributed by atoms with Crippen LogP contribution in [0.15, 0.2) is 57.4 Å². The fourth-order valence-electron chi connectivity index (χ4n) is 2.51. The normalized spacial score (nSPS) is 13.8. The smallest absolute Gasteiger partial charge is 0.269 e. The van der Waals surface area contributed by atoms with Gasteiger partial charge in [0.25, 0.3) is 5.91 Å². The Morgan fingerprint density at radius 3 is 3.00 bits per heavy atom. The number of carbonyl (C=O) groups is 1. The van der Waals surface area contributed by atoms with Gasteiger partial charge in [0.15, 0.2) is 0 Å². The van der Waals surface area contributed by atoms with Crippen LogP contribution in [0.2, 0.25) is 0 Å². The molecule has 3 rings (SSSR count). The first-order valence-electron chi connectivity index (χ1n) is 8.82. The zero-order valence-corrected chi connectivity index (χ0v) is 15.6. The lowest BCUT2D eigenvalue weighted by Crippen LogP contribution is -2.19. The topological polar surface area (TPSA) is 89.6 Å². The maximum atomic E-state index is 11.8. The van der Waals surface area contributed by atoms with Crippen LogP contribution in [-0.4, -0.2) is 29.3 Å². The molecular weight excluding hydrogens is 344 g/mol. The largest absolute Gasteiger partial charge is 0.458 e. The van der Waals surface area contributed by atoms with E-state index in [0.29, 0.717) is 41.3 Å². The van der Waals surface area contributed by atoms with Crippen molar-refractivity contribution in [1.29, 1.82) is 0 Å². The summed E-state index contributed by atoms with van der Waals surface area (Å²) in [5.41, 5.74) is 1.10. The molecule has 1 aliphatic heterocycles. The molecular formula is C20H22N4O3. The van der Waals surface area contributed by atoms with Crippen LogP contribution in [0.1, 0.15) is 26.2 Å². The van der Waals surface area contributed by atoms with Crippen LogP contribution in [-0.2, 0) is 11.2 Å². The summed E-state index contributed by atoms with van der Waals surface area (Å²) in [6.07, 6.45) is 6.47. The third kappa shape index (κ3) is 4.91. The number of likely N-dealkylation sites (N-methyl/N-ethyl adjacent to an activating group) is 1. The summed E-state index contributed by atoms with van der Waals surface area (Å²) in [4.78, 5) is 20.4. The van der Waals surface area contributed by atoms with Gasteiger partial charge in [-0.15, -0.1) is 0 Å². The van der Waals surface area contributed by atoms with Crippen molar-refractivity contribution >= 4 is 12.1 Å². The lowest BCUT2D eigenvalue weighted by atomic mass is 10.1. The maximum Gasteiger partial charge on any atom is 0.269 e. The van der Waals surface area contributed by atoms with Crippen LogP contribution in [0.25, 0.3) is 11.4 Å². The van der Waals surface area contributed by atoms with Crippen molar-refractivity contribution < 1.29 is 14.1 Å². The number of aliphatic imine (C=N–C) groups is 1. The number of aromatic nitrogens is 2. The molecule has 2 aromatic rings. The average molecular weight is 366 g/mol. The minimum Gasteiger partial charge on any atom is -0.458 e. The van der Waals surface area contributed by atoms with Gasteiger partial charge < -0.3 is 14.6 Å². The highest BCUT2D eigenvalue weighted by atomic mass is 16.5. The van der Waals surface area contributed by atoms with E-state index in [-0.39, 0.29) is 5.91 Å². The van der Waals surface area contributed by atoms with Crippen LogP contribution >= 0.6 is 0 Å². The number of ether oxygens (including phenoxy) is 1. The molecule has 1 aromatic carbocycles. The minimum atomic E-state index is -0.263. The summed E-state index contributed by atoms with van der Waals surface area (Å²) in [6.45, 7) is 4.20. The van der Waals surface area contributed by atoms with Crippen molar-refractivity contribution in [2.45, 2.75) is 26.7 Å². The Labute approximate surface area is 157 Å². The van der Waals surface area contributed by atoms with E-state index in [1.54, 1.807) is 19.3 Å². The number of rotatable bonds is 6. The Morgan fingerprint density at radius 1 is 1.37 bits per heavy atom. The standard InChI is InChI=1S/C20H22N4O3/c1-13(2)10-18-23-19(24-27-18)14-6-4-7-15(11-14)26-16-8-5-9-22-17(12-16)20(25)21-3/h4,6-9,11-13H,5,10H2,1-3H3,(H,21,25). The third-order valence-electron chi connectivity index (χ3n) is 3.77. The summed E-state index contributed by atoms with van der Waals surface area (Å²) >= 11 is 0. The van der Waals surface area contributed by atoms with Gasteiger partial charge in [-0.2, -0.15) is 4.98 Å². The Kier molecular flexibility index (Phi) is 5.80. The van der Waals surface area contributed by atoms with E-state index in [1.807, 2.05) is 30.3 Å². The summed E-state index contributed by atoms with van der Waals surface area (Å²) in [5, 5.41) is 6.61. The molecule has 140 valence electrons. The Balaban J connectivity index is 1.79. The van der Waals surface area contributed by atoms with Crippen LogP contribution in [0.5, 0.6) is 5.75 Å². The molecule has 0 spiro atoms. The van der Waals surface area contributed by atoms with Gasteiger partial charge >= 0.3 is 0 Å².